The highest BCUT2D eigenvalue weighted by Gasteiger charge is 2.60. The van der Waals surface area contributed by atoms with Crippen molar-refractivity contribution in [1.29, 1.82) is 0 Å². The van der Waals surface area contributed by atoms with Crippen LogP contribution in [-0.2, 0) is 75.8 Å². The molecule has 4 aliphatic heterocycles. The minimum atomic E-state index is -1.94. The molecule has 1 N–H and O–H groups in total. The van der Waals surface area contributed by atoms with Gasteiger partial charge in [0.05, 0.1) is 17.9 Å². The SMILES string of the molecule is C.C.CC(C)(C)[Si](C)(C)OCCc1cc(Cl)ccc1Br.CC1(C)O[C@@H]2[C@H](O1)[C@@H](C(=O)c1ccc(Cl)cc1CCO[Si](C)(C)C(C)(C)C)O[C@H]2n1ccc2c(Cl)ncnc21.CON(C)C(=O)[C@H]1O[C@@H](n2ccc3c(Cl)ncnc32)[C@@H]2OC(C)(C)O[C@@H]21.Cc1cc(Cl)ccc1Br.O=C=O.OCCc1cc(Cl)ccc1Br. The van der Waals surface area contributed by atoms with E-state index < -0.39 is 77.3 Å². The number of benzene rings is 4. The first kappa shape index (κ1) is 94.4. The first-order valence-electron chi connectivity index (χ1n) is 33.8. The van der Waals surface area contributed by atoms with Crippen molar-refractivity contribution >= 4 is 174 Å². The fraction of sp³-hybridized carbons (Fsp3) is 0.487. The summed E-state index contributed by atoms with van der Waals surface area (Å²) in [6.07, 6.45) is 3.50. The third-order valence-corrected chi connectivity index (χ3v) is 31.8. The van der Waals surface area contributed by atoms with Gasteiger partial charge in [-0.05, 0) is 197 Å². The van der Waals surface area contributed by atoms with Gasteiger partial charge < -0.3 is 51.5 Å². The lowest BCUT2D eigenvalue weighted by Crippen LogP contribution is -2.43. The van der Waals surface area contributed by atoms with Crippen LogP contribution in [-0.4, -0.2) is 156 Å². The molecule has 4 aromatic heterocycles. The Morgan fingerprint density at radius 2 is 0.944 bits per heavy atom. The molecule has 4 aliphatic rings. The minimum Gasteiger partial charge on any atom is -0.416 e. The van der Waals surface area contributed by atoms with E-state index in [1.807, 2.05) is 98.3 Å². The van der Waals surface area contributed by atoms with Gasteiger partial charge in [-0.15, -0.1) is 0 Å². The fourth-order valence-corrected chi connectivity index (χ4v) is 15.6. The number of aromatic nitrogens is 6. The average molecular weight is 1840 g/mol. The molecule has 0 saturated carbocycles. The molecule has 0 radical (unpaired) electrons. The lowest BCUT2D eigenvalue weighted by atomic mass is 9.95. The number of ketones is 1. The molecule has 1 amide bonds. The molecule has 8 heterocycles. The van der Waals surface area contributed by atoms with Crippen molar-refractivity contribution in [2.24, 2.45) is 0 Å². The minimum absolute atomic E-state index is 0. The second-order valence-corrected chi connectivity index (χ2v) is 43.7. The smallest absolute Gasteiger partial charge is 0.373 e. The first-order valence-corrected chi connectivity index (χ1v) is 44.2. The summed E-state index contributed by atoms with van der Waals surface area (Å²) in [7, 11) is -0.649. The molecule has 0 unspecified atom stereocenters. The Kier molecular flexibility index (Phi) is 35.2. The highest BCUT2D eigenvalue weighted by molar-refractivity contribution is 9.11. The van der Waals surface area contributed by atoms with E-state index in [1.54, 1.807) is 42.8 Å². The number of nitrogens with zero attached hydrogens (tertiary/aromatic N) is 7. The van der Waals surface area contributed by atoms with Crippen LogP contribution in [0.4, 0.5) is 0 Å². The zero-order valence-electron chi connectivity index (χ0n) is 62.0. The Labute approximate surface area is 691 Å². The highest BCUT2D eigenvalue weighted by atomic mass is 79.9. The number of hydrogen-bond donors (Lipinski definition) is 1. The average Bonchev–Trinajstić information content (AvgIpc) is 1.59. The summed E-state index contributed by atoms with van der Waals surface area (Å²) in [5, 5.41) is 15.0. The van der Waals surface area contributed by atoms with Crippen molar-refractivity contribution in [2.45, 2.75) is 207 Å². The van der Waals surface area contributed by atoms with Crippen molar-refractivity contribution in [3.63, 3.8) is 0 Å². The second kappa shape index (κ2) is 40.2. The van der Waals surface area contributed by atoms with E-state index >= 15 is 0 Å². The zero-order chi connectivity index (χ0) is 78.8. The molecule has 8 atom stereocenters. The Balaban J connectivity index is 0.000000261. The number of aliphatic hydroxyl groups is 1. The standard InChI is InChI=1S/C28H35Cl2N3O5Si.C16H19ClN4O5.C14H22BrClOSi.C8H8BrClO.C7H6BrCl.CO2.2CH4/c1-27(2,3)39(6,7)35-13-11-16-14-17(29)8-9-18(16)20(34)21-22-23(38-28(4,5)37-22)26(36-21)33-12-10-19-24(30)31-15-32-25(19)33;1-16(2)25-9-10(14(22)20(3)23-4)24-15(11(9)26-16)21-6-5-8-12(17)18-7-19-13(8)21;1-14(2,3)18(4,5)17-9-8-11-10-12(16)6-7-13(11)15;9-8-2-1-7(10)5-6(8)3-4-11;1-5-4-6(9)2-3-7(5)8;2-1-3;;/h8-10,12,14-15,21-23,26H,11,13H2,1-7H3;5-7,9-11,15H,1-4H3;6-7,10H,8-9H2,1-5H3;1-2,5,11H,3-4H2;2-4H,1H3;;2*1H4/t21-,22-,23-,26-;9-,10+,11-,15-;;;;;;/m11....../s1. The predicted octanol–water partition coefficient (Wildman–Crippen LogP) is 20.5. The van der Waals surface area contributed by atoms with E-state index in [0.717, 1.165) is 52.7 Å². The fourth-order valence-electron chi connectivity index (χ4n) is 11.2. The first-order chi connectivity index (χ1) is 49.5. The largest absolute Gasteiger partial charge is 0.416 e. The molecule has 592 valence electrons. The van der Waals surface area contributed by atoms with Gasteiger partial charge in [-0.2, -0.15) is 9.59 Å². The highest BCUT2D eigenvalue weighted by Crippen LogP contribution is 2.48. The molecule has 0 aliphatic carbocycles. The second-order valence-electron chi connectivity index (χ2n) is 29.1. The molecule has 108 heavy (non-hydrogen) atoms. The van der Waals surface area contributed by atoms with Crippen LogP contribution < -0.4 is 0 Å². The maximum Gasteiger partial charge on any atom is 0.373 e. The molecule has 0 bridgehead atoms. The van der Waals surface area contributed by atoms with Gasteiger partial charge in [-0.25, -0.2) is 25.0 Å². The number of carbonyl (C=O) groups is 2. The molecular weight excluding hydrogens is 1740 g/mol. The predicted molar refractivity (Wildman–Crippen MR) is 441 cm³/mol. The van der Waals surface area contributed by atoms with Gasteiger partial charge in [0.15, 0.2) is 58.7 Å². The number of rotatable bonds is 16. The van der Waals surface area contributed by atoms with Gasteiger partial charge in [0, 0.05) is 78.3 Å². The number of hydroxylamine groups is 2. The Bertz CT molecular complexity index is 4390. The Hall–Kier alpha value is -4.15. The quantitative estimate of drug-likeness (QED) is 0.0409. The van der Waals surface area contributed by atoms with E-state index in [1.165, 1.54) is 37.9 Å². The normalized spacial score (nSPS) is 20.2. The van der Waals surface area contributed by atoms with E-state index in [-0.39, 0.29) is 49.4 Å². The van der Waals surface area contributed by atoms with Crippen molar-refractivity contribution in [3.05, 3.63) is 182 Å². The number of Topliss-reactive ketones (excluding diaryl/α,β-unsaturated/α-hetero) is 1. The number of fused-ring (bicyclic) bond motifs is 4. The monoisotopic (exact) mass is 1840 g/mol. The number of amides is 1. The molecule has 21 nitrogen and oxygen atoms in total. The van der Waals surface area contributed by atoms with Crippen molar-refractivity contribution in [3.8, 4) is 0 Å². The van der Waals surface area contributed by atoms with Crippen LogP contribution in [0.25, 0.3) is 22.1 Å². The number of ether oxygens (including phenoxy) is 6. The van der Waals surface area contributed by atoms with Gasteiger partial charge in [0.2, 0.25) is 0 Å². The van der Waals surface area contributed by atoms with Crippen LogP contribution in [0.15, 0.2) is 123 Å². The lowest BCUT2D eigenvalue weighted by molar-refractivity contribution is -0.211. The summed E-state index contributed by atoms with van der Waals surface area (Å²) >= 11 is 46.5. The van der Waals surface area contributed by atoms with E-state index in [9.17, 15) is 9.59 Å². The molecule has 12 rings (SSSR count). The number of likely N-dealkylation sites (N-methyl/N-ethyl adjacent to an activating group) is 1. The van der Waals surface area contributed by atoms with Crippen molar-refractivity contribution in [1.82, 2.24) is 34.1 Å². The number of carbonyl (C=O) groups excluding carboxylic acids is 4. The van der Waals surface area contributed by atoms with Crippen LogP contribution in [0.2, 0.25) is 66.7 Å². The van der Waals surface area contributed by atoms with Gasteiger partial charge in [0.1, 0.15) is 58.7 Å². The summed E-state index contributed by atoms with van der Waals surface area (Å²) < 4.78 is 56.3. The molecule has 8 aromatic rings. The van der Waals surface area contributed by atoms with Crippen LogP contribution in [0.3, 0.4) is 0 Å². The molecular formula is C76H98Br3Cl6N7O14Si2. The third-order valence-electron chi connectivity index (χ3n) is 18.7. The molecule has 0 spiro atoms. The maximum atomic E-state index is 14.1. The topological polar surface area (TPSA) is 236 Å². The number of hydrogen-bond acceptors (Lipinski definition) is 18. The third kappa shape index (κ3) is 24.2. The van der Waals surface area contributed by atoms with Crippen molar-refractivity contribution in [2.75, 3.05) is 34.0 Å². The summed E-state index contributed by atoms with van der Waals surface area (Å²) in [5.41, 5.74) is 5.96. The molecule has 4 aromatic carbocycles. The number of aryl methyl sites for hydroxylation is 1. The molecule has 32 heteroatoms. The van der Waals surface area contributed by atoms with Gasteiger partial charge in [0.25, 0.3) is 5.91 Å². The van der Waals surface area contributed by atoms with Crippen LogP contribution in [0, 0.1) is 6.92 Å². The maximum absolute atomic E-state index is 14.1. The van der Waals surface area contributed by atoms with Crippen LogP contribution in [0.1, 0.15) is 129 Å². The number of aliphatic hydroxyl groups excluding tert-OH is 1. The van der Waals surface area contributed by atoms with Crippen LogP contribution in [0.5, 0.6) is 0 Å². The van der Waals surface area contributed by atoms with Crippen LogP contribution >= 0.6 is 117 Å². The van der Waals surface area contributed by atoms with Gasteiger partial charge >= 0.3 is 6.15 Å². The summed E-state index contributed by atoms with van der Waals surface area (Å²) in [6, 6.07) is 26.1. The van der Waals surface area contributed by atoms with E-state index in [2.05, 4.69) is 135 Å². The Morgan fingerprint density at radius 1 is 0.574 bits per heavy atom. The Morgan fingerprint density at radius 3 is 1.35 bits per heavy atom. The summed E-state index contributed by atoms with van der Waals surface area (Å²) in [6.45, 7) is 33.1. The van der Waals surface area contributed by atoms with E-state index in [4.69, 9.17) is 126 Å². The van der Waals surface area contributed by atoms with Gasteiger partial charge in [-0.3, -0.25) is 14.4 Å². The van der Waals surface area contributed by atoms with E-state index in [0.29, 0.717) is 67.4 Å². The summed E-state index contributed by atoms with van der Waals surface area (Å²) in [4.78, 5) is 64.7. The van der Waals surface area contributed by atoms with Crippen molar-refractivity contribution < 1.29 is 66.4 Å². The zero-order valence-corrected chi connectivity index (χ0v) is 73.3. The lowest BCUT2D eigenvalue weighted by Gasteiger charge is -2.36. The molecule has 4 saturated heterocycles. The molecule has 4 fully saturated rings. The number of halogens is 9. The summed E-state index contributed by atoms with van der Waals surface area (Å²) in [5.74, 6) is -2.25. The van der Waals surface area contributed by atoms with Gasteiger partial charge in [-0.1, -0.05) is 174 Å².